The van der Waals surface area contributed by atoms with Crippen molar-refractivity contribution < 1.29 is 8.42 Å². The third kappa shape index (κ3) is 4.85. The number of primary sulfonamides is 1. The quantitative estimate of drug-likeness (QED) is 0.646. The predicted octanol–water partition coefficient (Wildman–Crippen LogP) is 4.15. The Balaban J connectivity index is 1.42. The van der Waals surface area contributed by atoms with Crippen molar-refractivity contribution in [3.63, 3.8) is 0 Å². The minimum atomic E-state index is -3.52. The second kappa shape index (κ2) is 8.51. The van der Waals surface area contributed by atoms with E-state index in [1.807, 2.05) is 12.1 Å². The zero-order valence-corrected chi connectivity index (χ0v) is 19.4. The van der Waals surface area contributed by atoms with Gasteiger partial charge in [0.25, 0.3) is 0 Å². The number of hydrogen-bond donors (Lipinski definition) is 1. The number of rotatable bonds is 8. The van der Waals surface area contributed by atoms with Crippen molar-refractivity contribution in [1.82, 2.24) is 4.90 Å². The number of nitrogens with zero attached hydrogens (tertiary/aromatic N) is 1. The molecule has 0 radical (unpaired) electrons. The minimum absolute atomic E-state index is 0.227. The highest BCUT2D eigenvalue weighted by molar-refractivity contribution is 7.89. The molecule has 1 saturated heterocycles. The molecule has 6 heteroatoms. The Bertz CT molecular complexity index is 1060. The summed E-state index contributed by atoms with van der Waals surface area (Å²) in [6, 6.07) is 14.8. The summed E-state index contributed by atoms with van der Waals surface area (Å²) in [6.07, 6.45) is 5.84. The standard InChI is InChI=1S/C25H31ClN2O2S/c26-22-4-1-3-17(11-22)12-24-21(16-28-9-2-10-28)15-20-6-5-18(13-23(20)24)14-25(19-7-8-19)31(27,29)30/h1,3-6,11,13,19,21,24-25H,2,7-10,12,14-16H2,(H2,27,29,30). The summed E-state index contributed by atoms with van der Waals surface area (Å²) in [6.45, 7) is 3.55. The van der Waals surface area contributed by atoms with E-state index < -0.39 is 15.3 Å². The first-order valence-electron chi connectivity index (χ1n) is 11.5. The van der Waals surface area contributed by atoms with E-state index in [1.54, 1.807) is 0 Å². The maximum Gasteiger partial charge on any atom is 0.212 e. The van der Waals surface area contributed by atoms with Gasteiger partial charge in [-0.2, -0.15) is 0 Å². The van der Waals surface area contributed by atoms with Gasteiger partial charge in [-0.15, -0.1) is 0 Å². The predicted molar refractivity (Wildman–Crippen MR) is 126 cm³/mol. The van der Waals surface area contributed by atoms with Crippen LogP contribution in [0.4, 0.5) is 0 Å². The minimum Gasteiger partial charge on any atom is -0.303 e. The van der Waals surface area contributed by atoms with Gasteiger partial charge in [0.1, 0.15) is 0 Å². The van der Waals surface area contributed by atoms with E-state index in [2.05, 4.69) is 35.2 Å². The summed E-state index contributed by atoms with van der Waals surface area (Å²) in [5, 5.41) is 5.91. The average Bonchev–Trinajstić information content (AvgIpc) is 3.46. The lowest BCUT2D eigenvalue weighted by Gasteiger charge is -2.35. The molecule has 1 aliphatic heterocycles. The lowest BCUT2D eigenvalue weighted by atomic mass is 9.85. The fourth-order valence-corrected chi connectivity index (χ4v) is 6.96. The van der Waals surface area contributed by atoms with Gasteiger partial charge in [0.05, 0.1) is 5.25 Å². The van der Waals surface area contributed by atoms with Crippen LogP contribution in [0.3, 0.4) is 0 Å². The molecule has 1 heterocycles. The number of hydrogen-bond acceptors (Lipinski definition) is 3. The van der Waals surface area contributed by atoms with Gasteiger partial charge in [0.2, 0.25) is 10.0 Å². The van der Waals surface area contributed by atoms with Crippen molar-refractivity contribution in [3.05, 3.63) is 69.7 Å². The Morgan fingerprint density at radius 3 is 2.55 bits per heavy atom. The van der Waals surface area contributed by atoms with Gasteiger partial charge in [-0.05, 0) is 104 Å². The molecule has 0 aromatic heterocycles. The van der Waals surface area contributed by atoms with Crippen molar-refractivity contribution in [3.8, 4) is 0 Å². The molecule has 2 N–H and O–H groups in total. The molecule has 3 unspecified atom stereocenters. The molecule has 31 heavy (non-hydrogen) atoms. The Morgan fingerprint density at radius 1 is 1.10 bits per heavy atom. The molecule has 4 nitrogen and oxygen atoms in total. The topological polar surface area (TPSA) is 63.4 Å². The van der Waals surface area contributed by atoms with Gasteiger partial charge in [-0.3, -0.25) is 0 Å². The second-order valence-corrected chi connectivity index (χ2v) is 12.0. The maximum atomic E-state index is 12.2. The van der Waals surface area contributed by atoms with E-state index in [9.17, 15) is 8.42 Å². The summed E-state index contributed by atoms with van der Waals surface area (Å²) in [7, 11) is -3.52. The first kappa shape index (κ1) is 21.4. The van der Waals surface area contributed by atoms with E-state index in [4.69, 9.17) is 16.7 Å². The number of likely N-dealkylation sites (tertiary alicyclic amines) is 1. The van der Waals surface area contributed by atoms with Crippen LogP contribution in [-0.4, -0.2) is 38.2 Å². The number of sulfonamides is 1. The van der Waals surface area contributed by atoms with Crippen molar-refractivity contribution in [2.45, 2.75) is 49.7 Å². The largest absolute Gasteiger partial charge is 0.303 e. The average molecular weight is 459 g/mol. The molecule has 166 valence electrons. The molecular formula is C25H31ClN2O2S. The summed E-state index contributed by atoms with van der Waals surface area (Å²) in [4.78, 5) is 2.56. The first-order chi connectivity index (χ1) is 14.9. The molecule has 2 aromatic rings. The third-order valence-corrected chi connectivity index (χ3v) is 9.08. The SMILES string of the molecule is NS(=O)(=O)C(Cc1ccc2c(c1)C(Cc1cccc(Cl)c1)C(CN1CCC1)C2)C1CC1. The van der Waals surface area contributed by atoms with E-state index >= 15 is 0 Å². The van der Waals surface area contributed by atoms with Crippen LogP contribution in [0.25, 0.3) is 0 Å². The number of nitrogens with two attached hydrogens (primary N) is 1. The second-order valence-electron chi connectivity index (χ2n) is 9.76. The molecule has 1 saturated carbocycles. The molecular weight excluding hydrogens is 428 g/mol. The Hall–Kier alpha value is -1.40. The molecule has 5 rings (SSSR count). The van der Waals surface area contributed by atoms with Gasteiger partial charge < -0.3 is 4.90 Å². The lowest BCUT2D eigenvalue weighted by molar-refractivity contribution is 0.145. The molecule has 2 aliphatic carbocycles. The summed E-state index contributed by atoms with van der Waals surface area (Å²) < 4.78 is 24.3. The molecule has 0 spiro atoms. The van der Waals surface area contributed by atoms with Crippen molar-refractivity contribution in [1.29, 1.82) is 0 Å². The van der Waals surface area contributed by atoms with E-state index in [-0.39, 0.29) is 5.92 Å². The van der Waals surface area contributed by atoms with Crippen molar-refractivity contribution >= 4 is 21.6 Å². The molecule has 0 amide bonds. The maximum absolute atomic E-state index is 12.2. The van der Waals surface area contributed by atoms with Crippen LogP contribution in [0.2, 0.25) is 5.02 Å². The van der Waals surface area contributed by atoms with Crippen LogP contribution in [0.15, 0.2) is 42.5 Å². The van der Waals surface area contributed by atoms with E-state index in [0.29, 0.717) is 18.3 Å². The number of halogens is 1. The van der Waals surface area contributed by atoms with Gasteiger partial charge in [-0.1, -0.05) is 41.9 Å². The van der Waals surface area contributed by atoms with Crippen LogP contribution < -0.4 is 5.14 Å². The first-order valence-corrected chi connectivity index (χ1v) is 13.5. The zero-order valence-electron chi connectivity index (χ0n) is 17.8. The van der Waals surface area contributed by atoms with Gasteiger partial charge >= 0.3 is 0 Å². The van der Waals surface area contributed by atoms with Crippen LogP contribution in [0.1, 0.15) is 47.4 Å². The monoisotopic (exact) mass is 458 g/mol. The summed E-state index contributed by atoms with van der Waals surface area (Å²) >= 11 is 6.27. The van der Waals surface area contributed by atoms with Crippen molar-refractivity contribution in [2.75, 3.05) is 19.6 Å². The molecule has 3 atom stereocenters. The van der Waals surface area contributed by atoms with Gasteiger partial charge in [0.15, 0.2) is 0 Å². The molecule has 3 aliphatic rings. The zero-order chi connectivity index (χ0) is 21.6. The summed E-state index contributed by atoms with van der Waals surface area (Å²) in [5.74, 6) is 1.24. The van der Waals surface area contributed by atoms with Crippen LogP contribution in [0, 0.1) is 11.8 Å². The number of fused-ring (bicyclic) bond motifs is 1. The molecule has 2 aromatic carbocycles. The lowest BCUT2D eigenvalue weighted by Crippen LogP contribution is -2.41. The summed E-state index contributed by atoms with van der Waals surface area (Å²) in [5.41, 5.74) is 5.18. The Morgan fingerprint density at radius 2 is 1.90 bits per heavy atom. The molecule has 2 fully saturated rings. The highest BCUT2D eigenvalue weighted by Gasteiger charge is 2.39. The Kier molecular flexibility index (Phi) is 5.89. The fourth-order valence-electron chi connectivity index (χ4n) is 5.51. The highest BCUT2D eigenvalue weighted by Crippen LogP contribution is 2.43. The Labute approximate surface area is 190 Å². The third-order valence-electron chi connectivity index (χ3n) is 7.45. The fraction of sp³-hybridized carbons (Fsp3) is 0.520. The normalized spacial score (nSPS) is 24.6. The van der Waals surface area contributed by atoms with Crippen LogP contribution >= 0.6 is 11.6 Å². The van der Waals surface area contributed by atoms with Gasteiger partial charge in [0, 0.05) is 11.6 Å². The van der Waals surface area contributed by atoms with Crippen molar-refractivity contribution in [2.24, 2.45) is 17.0 Å². The smallest absolute Gasteiger partial charge is 0.212 e. The van der Waals surface area contributed by atoms with Crippen LogP contribution in [0.5, 0.6) is 0 Å². The van der Waals surface area contributed by atoms with E-state index in [1.165, 1.54) is 36.2 Å². The van der Waals surface area contributed by atoms with Crippen LogP contribution in [-0.2, 0) is 29.3 Å². The van der Waals surface area contributed by atoms with E-state index in [0.717, 1.165) is 42.8 Å². The van der Waals surface area contributed by atoms with Gasteiger partial charge in [-0.25, -0.2) is 13.6 Å². The highest BCUT2D eigenvalue weighted by atomic mass is 35.5. The number of benzene rings is 2. The molecule has 0 bridgehead atoms.